The molecule has 2 aromatic rings. The molecule has 0 radical (unpaired) electrons. The van der Waals surface area contributed by atoms with E-state index in [9.17, 15) is 14.4 Å². The van der Waals surface area contributed by atoms with Gasteiger partial charge in [-0.2, -0.15) is 9.36 Å². The van der Waals surface area contributed by atoms with Gasteiger partial charge in [0, 0.05) is 22.1 Å². The Morgan fingerprint density at radius 1 is 1.23 bits per heavy atom. The van der Waals surface area contributed by atoms with Crippen molar-refractivity contribution in [1.82, 2.24) is 19.8 Å². The molecule has 1 heterocycles. The molecule has 2 saturated carbocycles. The first kappa shape index (κ1) is 20.4. The van der Waals surface area contributed by atoms with E-state index in [2.05, 4.69) is 10.4 Å². The van der Waals surface area contributed by atoms with E-state index in [-0.39, 0.29) is 51.2 Å². The van der Waals surface area contributed by atoms with Gasteiger partial charge in [0.2, 0.25) is 5.78 Å². The molecular formula is C20H16Cl2N4O4. The van der Waals surface area contributed by atoms with Crippen molar-refractivity contribution in [2.24, 2.45) is 5.92 Å². The molecule has 1 aromatic heterocycles. The topological polar surface area (TPSA) is 96.1 Å². The number of allylic oxidation sites excluding steroid dienone is 1. The first-order valence-electron chi connectivity index (χ1n) is 9.32. The minimum atomic E-state index is -0.626. The van der Waals surface area contributed by atoms with Crippen LogP contribution in [0.3, 0.4) is 0 Å². The number of aromatic nitrogens is 4. The lowest BCUT2D eigenvalue weighted by Gasteiger charge is -2.12. The lowest BCUT2D eigenvalue weighted by Crippen LogP contribution is -2.25. The van der Waals surface area contributed by atoms with Gasteiger partial charge in [0.05, 0.1) is 17.6 Å². The highest BCUT2D eigenvalue weighted by atomic mass is 35.5. The average Bonchev–Trinajstić information content (AvgIpc) is 3.64. The summed E-state index contributed by atoms with van der Waals surface area (Å²) in [5.41, 5.74) is -0.180. The fraction of sp³-hybridized carbons (Fsp3) is 0.350. The van der Waals surface area contributed by atoms with Crippen molar-refractivity contribution < 1.29 is 14.3 Å². The van der Waals surface area contributed by atoms with Crippen LogP contribution in [-0.2, 0) is 16.1 Å². The quantitative estimate of drug-likeness (QED) is 0.154. The third-order valence-corrected chi connectivity index (χ3v) is 5.78. The zero-order valence-electron chi connectivity index (χ0n) is 15.7. The minimum absolute atomic E-state index is 0.0237. The number of ketones is 2. The Labute approximate surface area is 181 Å². The Bertz CT molecular complexity index is 1170. The number of terminal acetylenes is 1. The Hall–Kier alpha value is -2.89. The van der Waals surface area contributed by atoms with E-state index in [0.717, 1.165) is 23.8 Å². The highest BCUT2D eigenvalue weighted by Crippen LogP contribution is 2.35. The van der Waals surface area contributed by atoms with E-state index in [0.29, 0.717) is 18.4 Å². The molecule has 0 unspecified atom stereocenters. The van der Waals surface area contributed by atoms with Crippen LogP contribution in [0.25, 0.3) is 0 Å². The standard InChI is InChI=1S/C20H16Cl2N4O4/c1-2-30-10-15(18(27)11-3-4-11)19(28)13-7-8-16(21)14(17(13)22)9-25-20(29)26(24-23-25)12-5-6-12/h1,7-8,10-12H,3-6,9H2/b15-10+. The van der Waals surface area contributed by atoms with Crippen LogP contribution in [0.5, 0.6) is 0 Å². The molecule has 0 N–H and O–H groups in total. The van der Waals surface area contributed by atoms with Gasteiger partial charge in [-0.25, -0.2) is 4.79 Å². The zero-order valence-corrected chi connectivity index (χ0v) is 17.2. The SMILES string of the molecule is C#CO/C=C(/C(=O)c1ccc(Cl)c(Cn2nnn(C3CC3)c2=O)c1Cl)C(=O)C1CC1. The van der Waals surface area contributed by atoms with Crippen LogP contribution in [0, 0.1) is 18.4 Å². The van der Waals surface area contributed by atoms with Gasteiger partial charge in [-0.1, -0.05) is 29.6 Å². The zero-order chi connectivity index (χ0) is 21.4. The van der Waals surface area contributed by atoms with Crippen molar-refractivity contribution >= 4 is 34.8 Å². The fourth-order valence-electron chi connectivity index (χ4n) is 3.03. The summed E-state index contributed by atoms with van der Waals surface area (Å²) < 4.78 is 7.22. The first-order valence-corrected chi connectivity index (χ1v) is 10.1. The van der Waals surface area contributed by atoms with Gasteiger partial charge >= 0.3 is 5.69 Å². The van der Waals surface area contributed by atoms with Crippen molar-refractivity contribution in [1.29, 1.82) is 0 Å². The molecule has 154 valence electrons. The molecule has 0 saturated heterocycles. The van der Waals surface area contributed by atoms with Crippen molar-refractivity contribution in [3.05, 3.63) is 55.6 Å². The average molecular weight is 447 g/mol. The van der Waals surface area contributed by atoms with E-state index in [4.69, 9.17) is 34.4 Å². The highest BCUT2D eigenvalue weighted by Gasteiger charge is 2.36. The lowest BCUT2D eigenvalue weighted by molar-refractivity contribution is -0.116. The summed E-state index contributed by atoms with van der Waals surface area (Å²) in [5.74, 6) is -1.19. The second-order valence-corrected chi connectivity index (χ2v) is 8.00. The Morgan fingerprint density at radius 2 is 1.97 bits per heavy atom. The number of hydrogen-bond donors (Lipinski definition) is 0. The Morgan fingerprint density at radius 3 is 2.60 bits per heavy atom. The molecule has 1 aromatic carbocycles. The van der Waals surface area contributed by atoms with E-state index in [1.54, 1.807) is 0 Å². The molecule has 2 aliphatic rings. The monoisotopic (exact) mass is 446 g/mol. The summed E-state index contributed by atoms with van der Waals surface area (Å²) in [6, 6.07) is 2.97. The molecule has 0 bridgehead atoms. The van der Waals surface area contributed by atoms with Crippen LogP contribution in [0.4, 0.5) is 0 Å². The second kappa shape index (κ2) is 8.09. The van der Waals surface area contributed by atoms with Gasteiger partial charge in [-0.3, -0.25) is 9.59 Å². The summed E-state index contributed by atoms with van der Waals surface area (Å²) in [6.07, 6.45) is 11.1. The number of halogens is 2. The third-order valence-electron chi connectivity index (χ3n) is 5.00. The van der Waals surface area contributed by atoms with E-state index < -0.39 is 5.78 Å². The largest absolute Gasteiger partial charge is 0.415 e. The summed E-state index contributed by atoms with van der Waals surface area (Å²) in [5, 5.41) is 8.03. The molecule has 4 rings (SSSR count). The smallest absolute Gasteiger partial charge is 0.364 e. The predicted molar refractivity (Wildman–Crippen MR) is 108 cm³/mol. The molecule has 2 aliphatic carbocycles. The molecule has 0 spiro atoms. The fourth-order valence-corrected chi connectivity index (χ4v) is 3.60. The predicted octanol–water partition coefficient (Wildman–Crippen LogP) is 2.78. The minimum Gasteiger partial charge on any atom is -0.415 e. The third kappa shape index (κ3) is 3.91. The molecule has 0 atom stereocenters. The Balaban J connectivity index is 1.68. The maximum Gasteiger partial charge on any atom is 0.364 e. The van der Waals surface area contributed by atoms with Crippen LogP contribution in [0.15, 0.2) is 28.8 Å². The molecule has 0 amide bonds. The number of nitrogens with zero attached hydrogens (tertiary/aromatic N) is 4. The first-order chi connectivity index (χ1) is 14.4. The van der Waals surface area contributed by atoms with Gasteiger partial charge in [0.15, 0.2) is 5.78 Å². The number of carbonyl (C=O) groups is 2. The molecular weight excluding hydrogens is 431 g/mol. The van der Waals surface area contributed by atoms with Crippen molar-refractivity contribution in [3.63, 3.8) is 0 Å². The summed E-state index contributed by atoms with van der Waals surface area (Å²) in [4.78, 5) is 38.0. The van der Waals surface area contributed by atoms with Gasteiger partial charge in [0.1, 0.15) is 17.9 Å². The van der Waals surface area contributed by atoms with Gasteiger partial charge in [0.25, 0.3) is 0 Å². The van der Waals surface area contributed by atoms with Crippen molar-refractivity contribution in [2.45, 2.75) is 38.3 Å². The number of tetrazole rings is 1. The van der Waals surface area contributed by atoms with Crippen LogP contribution in [-0.4, -0.2) is 31.4 Å². The lowest BCUT2D eigenvalue weighted by atomic mass is 9.97. The number of Topliss-reactive ketones (excluding diaryl/α,β-unsaturated/α-hetero) is 2. The van der Waals surface area contributed by atoms with Crippen LogP contribution in [0.1, 0.15) is 47.6 Å². The highest BCUT2D eigenvalue weighted by molar-refractivity contribution is 6.40. The van der Waals surface area contributed by atoms with E-state index in [1.165, 1.54) is 16.8 Å². The molecule has 10 heteroatoms. The normalized spacial score (nSPS) is 16.2. The molecule has 30 heavy (non-hydrogen) atoms. The number of hydrogen-bond acceptors (Lipinski definition) is 6. The summed E-state index contributed by atoms with van der Waals surface area (Å²) in [7, 11) is 0. The molecule has 8 nitrogen and oxygen atoms in total. The van der Waals surface area contributed by atoms with Crippen LogP contribution < -0.4 is 5.69 Å². The summed E-state index contributed by atoms with van der Waals surface area (Å²) >= 11 is 12.8. The second-order valence-electron chi connectivity index (χ2n) is 7.22. The van der Waals surface area contributed by atoms with Crippen molar-refractivity contribution in [3.8, 4) is 12.5 Å². The maximum absolute atomic E-state index is 13.1. The Kier molecular flexibility index (Phi) is 5.50. The van der Waals surface area contributed by atoms with Gasteiger partial charge in [-0.15, -0.1) is 0 Å². The van der Waals surface area contributed by atoms with Crippen LogP contribution >= 0.6 is 23.2 Å². The van der Waals surface area contributed by atoms with Crippen LogP contribution in [0.2, 0.25) is 10.0 Å². The number of carbonyl (C=O) groups excluding carboxylic acids is 2. The number of benzene rings is 1. The molecule has 2 fully saturated rings. The maximum atomic E-state index is 13.1. The number of ether oxygens (including phenoxy) is 1. The number of rotatable bonds is 8. The van der Waals surface area contributed by atoms with Gasteiger partial charge < -0.3 is 4.74 Å². The molecule has 0 aliphatic heterocycles. The van der Waals surface area contributed by atoms with Crippen molar-refractivity contribution in [2.75, 3.05) is 0 Å². The summed E-state index contributed by atoms with van der Waals surface area (Å²) in [6.45, 7) is -0.0686. The van der Waals surface area contributed by atoms with Gasteiger partial charge in [-0.05, 0) is 48.2 Å². The van der Waals surface area contributed by atoms with E-state index in [1.807, 2.05) is 6.11 Å². The van der Waals surface area contributed by atoms with E-state index >= 15 is 0 Å².